The molecule has 1 aromatic heterocycles. The van der Waals surface area contributed by atoms with Crippen LogP contribution in [0.2, 0.25) is 0 Å². The summed E-state index contributed by atoms with van der Waals surface area (Å²) in [6.07, 6.45) is 1.39. The van der Waals surface area contributed by atoms with Crippen LogP contribution in [0, 0.1) is 10.1 Å². The molecule has 1 amide bonds. The molecule has 116 valence electrons. The van der Waals surface area contributed by atoms with Gasteiger partial charge in [-0.2, -0.15) is 10.1 Å². The van der Waals surface area contributed by atoms with E-state index < -0.39 is 4.92 Å². The Labute approximate surface area is 140 Å². The van der Waals surface area contributed by atoms with Crippen LogP contribution >= 0.6 is 24.0 Å². The quantitative estimate of drug-likeness (QED) is 0.365. The molecule has 0 spiro atoms. The summed E-state index contributed by atoms with van der Waals surface area (Å²) in [4.78, 5) is 21.9. The summed E-state index contributed by atoms with van der Waals surface area (Å²) < 4.78 is 5.97. The van der Waals surface area contributed by atoms with Crippen LogP contribution in [0.5, 0.6) is 0 Å². The van der Waals surface area contributed by atoms with Crippen molar-refractivity contribution in [1.29, 1.82) is 0 Å². The Morgan fingerprint density at radius 3 is 2.91 bits per heavy atom. The minimum atomic E-state index is -0.466. The lowest BCUT2D eigenvalue weighted by Crippen LogP contribution is -2.22. The Hall–Kier alpha value is -2.52. The van der Waals surface area contributed by atoms with Gasteiger partial charge in [-0.25, -0.2) is 0 Å². The van der Waals surface area contributed by atoms with E-state index in [0.29, 0.717) is 21.4 Å². The van der Waals surface area contributed by atoms with Crippen LogP contribution in [0.1, 0.15) is 5.76 Å². The monoisotopic (exact) mass is 347 g/mol. The zero-order valence-corrected chi connectivity index (χ0v) is 13.2. The lowest BCUT2D eigenvalue weighted by atomic mass is 10.1. The van der Waals surface area contributed by atoms with Gasteiger partial charge in [0.05, 0.1) is 16.9 Å². The summed E-state index contributed by atoms with van der Waals surface area (Å²) in [7, 11) is 0. The molecule has 9 heteroatoms. The van der Waals surface area contributed by atoms with Crippen molar-refractivity contribution in [2.75, 3.05) is 5.75 Å². The standard InChI is InChI=1S/C14H9N3O4S2/c18-13-8-23-14(22)16(13)15-7-11-4-5-12(21-11)9-2-1-3-10(6-9)17(19)20/h1-7H,8H2. The van der Waals surface area contributed by atoms with E-state index in [-0.39, 0.29) is 17.3 Å². The Kier molecular flexibility index (Phi) is 4.22. The molecular weight excluding hydrogens is 338 g/mol. The van der Waals surface area contributed by atoms with Crippen molar-refractivity contribution in [3.05, 3.63) is 52.3 Å². The number of thioether (sulfide) groups is 1. The maximum Gasteiger partial charge on any atom is 0.270 e. The van der Waals surface area contributed by atoms with Crippen LogP contribution < -0.4 is 0 Å². The van der Waals surface area contributed by atoms with E-state index >= 15 is 0 Å². The van der Waals surface area contributed by atoms with E-state index in [1.54, 1.807) is 24.3 Å². The molecule has 1 aliphatic rings. The first kappa shape index (κ1) is 15.4. The van der Waals surface area contributed by atoms with Crippen LogP contribution in [0.25, 0.3) is 11.3 Å². The third-order valence-electron chi connectivity index (χ3n) is 3.00. The number of thiocarbonyl (C=S) groups is 1. The number of hydrogen-bond donors (Lipinski definition) is 0. The number of hydrazone groups is 1. The van der Waals surface area contributed by atoms with Crippen LogP contribution in [0.3, 0.4) is 0 Å². The molecule has 1 saturated heterocycles. The fourth-order valence-corrected chi connectivity index (χ4v) is 2.89. The van der Waals surface area contributed by atoms with Crippen molar-refractivity contribution < 1.29 is 14.1 Å². The van der Waals surface area contributed by atoms with E-state index in [2.05, 4.69) is 5.10 Å². The van der Waals surface area contributed by atoms with Crippen molar-refractivity contribution in [3.8, 4) is 11.3 Å². The van der Waals surface area contributed by atoms with Crippen LogP contribution in [-0.4, -0.2) is 32.1 Å². The summed E-state index contributed by atoms with van der Waals surface area (Å²) in [6.45, 7) is 0. The fraction of sp³-hybridized carbons (Fsp3) is 0.0714. The van der Waals surface area contributed by atoms with Crippen LogP contribution in [0.15, 0.2) is 45.9 Å². The third-order valence-corrected chi connectivity index (χ3v) is 4.33. The molecule has 1 fully saturated rings. The van der Waals surface area contributed by atoms with Gasteiger partial charge < -0.3 is 4.42 Å². The largest absolute Gasteiger partial charge is 0.455 e. The molecular formula is C14H9N3O4S2. The number of rotatable bonds is 4. The van der Waals surface area contributed by atoms with Gasteiger partial charge in [0.25, 0.3) is 11.6 Å². The maximum atomic E-state index is 11.5. The zero-order chi connectivity index (χ0) is 16.4. The zero-order valence-electron chi connectivity index (χ0n) is 11.5. The van der Waals surface area contributed by atoms with Gasteiger partial charge in [-0.15, -0.1) is 0 Å². The number of hydrogen-bond acceptors (Lipinski definition) is 7. The minimum Gasteiger partial charge on any atom is -0.455 e. The number of furan rings is 1. The van der Waals surface area contributed by atoms with Crippen molar-refractivity contribution in [2.45, 2.75) is 0 Å². The second-order valence-corrected chi connectivity index (χ2v) is 6.12. The summed E-state index contributed by atoms with van der Waals surface area (Å²) in [5, 5.41) is 16.0. The van der Waals surface area contributed by atoms with Gasteiger partial charge in [-0.05, 0) is 12.1 Å². The number of amides is 1. The highest BCUT2D eigenvalue weighted by molar-refractivity contribution is 8.23. The molecule has 0 radical (unpaired) electrons. The van der Waals surface area contributed by atoms with E-state index in [4.69, 9.17) is 16.6 Å². The van der Waals surface area contributed by atoms with Gasteiger partial charge in [0.2, 0.25) is 0 Å². The molecule has 0 N–H and O–H groups in total. The molecule has 1 aliphatic heterocycles. The van der Waals surface area contributed by atoms with E-state index in [0.717, 1.165) is 5.01 Å². The molecule has 0 bridgehead atoms. The maximum absolute atomic E-state index is 11.5. The van der Waals surface area contributed by atoms with Crippen LogP contribution in [-0.2, 0) is 4.79 Å². The van der Waals surface area contributed by atoms with Crippen molar-refractivity contribution in [3.63, 3.8) is 0 Å². The first-order chi connectivity index (χ1) is 11.0. The summed E-state index contributed by atoms with van der Waals surface area (Å²) in [5.74, 6) is 0.994. The molecule has 23 heavy (non-hydrogen) atoms. The second kappa shape index (κ2) is 6.31. The Balaban J connectivity index is 1.81. The third kappa shape index (κ3) is 3.30. The number of benzene rings is 1. The van der Waals surface area contributed by atoms with Crippen molar-refractivity contribution >= 4 is 46.1 Å². The topological polar surface area (TPSA) is 89.0 Å². The van der Waals surface area contributed by atoms with Gasteiger partial charge in [-0.3, -0.25) is 14.9 Å². The molecule has 3 rings (SSSR count). The molecule has 7 nitrogen and oxygen atoms in total. The minimum absolute atomic E-state index is 0.0147. The molecule has 0 unspecified atom stereocenters. The SMILES string of the molecule is O=C1CSC(=S)N1N=Cc1ccc(-c2cccc([N+](=O)[O-])c2)o1. The number of nitrogens with zero attached hydrogens (tertiary/aromatic N) is 3. The first-order valence-corrected chi connectivity index (χ1v) is 7.82. The first-order valence-electron chi connectivity index (χ1n) is 6.43. The Bertz CT molecular complexity index is 815. The number of nitro groups is 1. The smallest absolute Gasteiger partial charge is 0.270 e. The van der Waals surface area contributed by atoms with Gasteiger partial charge in [0, 0.05) is 17.7 Å². The predicted molar refractivity (Wildman–Crippen MR) is 90.3 cm³/mol. The van der Waals surface area contributed by atoms with E-state index in [1.165, 1.54) is 30.1 Å². The molecule has 1 aromatic carbocycles. The highest BCUT2D eigenvalue weighted by Gasteiger charge is 2.26. The van der Waals surface area contributed by atoms with Crippen molar-refractivity contribution in [1.82, 2.24) is 5.01 Å². The molecule has 0 atom stereocenters. The normalized spacial score (nSPS) is 14.9. The lowest BCUT2D eigenvalue weighted by molar-refractivity contribution is -0.384. The van der Waals surface area contributed by atoms with Gasteiger partial charge in [0.15, 0.2) is 4.32 Å². The van der Waals surface area contributed by atoms with Crippen molar-refractivity contribution in [2.24, 2.45) is 5.10 Å². The molecule has 0 saturated carbocycles. The lowest BCUT2D eigenvalue weighted by Gasteiger charge is -2.05. The predicted octanol–water partition coefficient (Wildman–Crippen LogP) is 3.05. The Morgan fingerprint density at radius 2 is 2.22 bits per heavy atom. The number of non-ortho nitro benzene ring substituents is 1. The number of carbonyl (C=O) groups excluding carboxylic acids is 1. The highest BCUT2D eigenvalue weighted by atomic mass is 32.2. The molecule has 0 aliphatic carbocycles. The fourth-order valence-electron chi connectivity index (χ4n) is 1.92. The summed E-state index contributed by atoms with van der Waals surface area (Å²) in [6, 6.07) is 9.47. The highest BCUT2D eigenvalue weighted by Crippen LogP contribution is 2.25. The van der Waals surface area contributed by atoms with Gasteiger partial charge in [0.1, 0.15) is 11.5 Å². The van der Waals surface area contributed by atoms with E-state index in [1.807, 2.05) is 0 Å². The second-order valence-electron chi connectivity index (χ2n) is 4.51. The Morgan fingerprint density at radius 1 is 1.39 bits per heavy atom. The summed E-state index contributed by atoms with van der Waals surface area (Å²) >= 11 is 6.27. The van der Waals surface area contributed by atoms with E-state index in [9.17, 15) is 14.9 Å². The summed E-state index contributed by atoms with van der Waals surface area (Å²) in [5.41, 5.74) is 0.571. The average Bonchev–Trinajstić information content (AvgIpc) is 3.13. The van der Waals surface area contributed by atoms with Gasteiger partial charge >= 0.3 is 0 Å². The average molecular weight is 347 g/mol. The van der Waals surface area contributed by atoms with Crippen LogP contribution in [0.4, 0.5) is 5.69 Å². The number of carbonyl (C=O) groups is 1. The molecule has 2 aromatic rings. The number of nitro benzene ring substituents is 1. The molecule has 2 heterocycles. The van der Waals surface area contributed by atoms with Gasteiger partial charge in [-0.1, -0.05) is 36.1 Å².